The molecule has 1 atom stereocenters. The molecule has 2 rings (SSSR count). The minimum Gasteiger partial charge on any atom is -0.542 e. The zero-order valence-electron chi connectivity index (χ0n) is 7.87. The topological polar surface area (TPSA) is 73.5 Å². The van der Waals surface area contributed by atoms with E-state index in [4.69, 9.17) is 4.42 Å². The summed E-state index contributed by atoms with van der Waals surface area (Å²) in [5, 5.41) is 20.3. The third-order valence-corrected chi connectivity index (χ3v) is 2.67. The Labute approximate surface area is 81.2 Å². The first-order chi connectivity index (χ1) is 6.61. The quantitative estimate of drug-likeness (QED) is 0.700. The van der Waals surface area contributed by atoms with Crippen LogP contribution in [-0.4, -0.2) is 11.1 Å². The van der Waals surface area contributed by atoms with Crippen molar-refractivity contribution >= 4 is 5.97 Å². The first-order valence-corrected chi connectivity index (χ1v) is 4.63. The first-order valence-electron chi connectivity index (χ1n) is 4.63. The molecule has 0 saturated carbocycles. The van der Waals surface area contributed by atoms with Gasteiger partial charge in [-0.2, -0.15) is 0 Å². The Morgan fingerprint density at radius 2 is 2.36 bits per heavy atom. The lowest BCUT2D eigenvalue weighted by Gasteiger charge is -2.16. The van der Waals surface area contributed by atoms with Gasteiger partial charge in [0.1, 0.15) is 11.7 Å². The van der Waals surface area contributed by atoms with Gasteiger partial charge in [-0.3, -0.25) is 0 Å². The van der Waals surface area contributed by atoms with Crippen LogP contribution in [0.3, 0.4) is 0 Å². The summed E-state index contributed by atoms with van der Waals surface area (Å²) in [7, 11) is 0. The molecule has 0 aliphatic heterocycles. The maximum absolute atomic E-state index is 10.7. The fourth-order valence-corrected chi connectivity index (χ4v) is 2.00. The van der Waals surface area contributed by atoms with Crippen molar-refractivity contribution in [2.75, 3.05) is 0 Å². The highest BCUT2D eigenvalue weighted by molar-refractivity contribution is 5.85. The van der Waals surface area contributed by atoms with Crippen LogP contribution in [0.2, 0.25) is 0 Å². The van der Waals surface area contributed by atoms with Crippen LogP contribution in [-0.2, 0) is 6.42 Å². The Hall–Kier alpha value is -1.29. The van der Waals surface area contributed by atoms with Gasteiger partial charge in [-0.15, -0.1) is 0 Å². The normalized spacial score (nSPS) is 20.6. The largest absolute Gasteiger partial charge is 0.542 e. The molecule has 1 N–H and O–H groups in total. The van der Waals surface area contributed by atoms with Gasteiger partial charge in [0.25, 0.3) is 0 Å². The predicted molar refractivity (Wildman–Crippen MR) is 45.7 cm³/mol. The van der Waals surface area contributed by atoms with E-state index in [1.807, 2.05) is 0 Å². The number of carboxylic acids is 1. The number of furan rings is 1. The number of hydrogen-bond donors (Lipinski definition) is 1. The van der Waals surface area contributed by atoms with E-state index in [9.17, 15) is 15.0 Å². The number of carbonyl (C=O) groups is 1. The van der Waals surface area contributed by atoms with Gasteiger partial charge in [-0.1, -0.05) is 0 Å². The van der Waals surface area contributed by atoms with Gasteiger partial charge in [-0.05, 0) is 19.8 Å². The van der Waals surface area contributed by atoms with E-state index in [2.05, 4.69) is 0 Å². The Morgan fingerprint density at radius 3 is 2.93 bits per heavy atom. The number of carbonyl (C=O) groups excluding carboxylic acids is 1. The maximum atomic E-state index is 10.7. The average Bonchev–Trinajstić information content (AvgIpc) is 2.45. The molecule has 1 aliphatic rings. The zero-order valence-corrected chi connectivity index (χ0v) is 7.87. The van der Waals surface area contributed by atoms with E-state index < -0.39 is 12.1 Å². The van der Waals surface area contributed by atoms with E-state index in [1.54, 1.807) is 6.92 Å². The van der Waals surface area contributed by atoms with Crippen molar-refractivity contribution in [2.24, 2.45) is 0 Å². The molecule has 0 aromatic carbocycles. The molecule has 0 fully saturated rings. The van der Waals surface area contributed by atoms with Crippen LogP contribution in [0.5, 0.6) is 0 Å². The summed E-state index contributed by atoms with van der Waals surface area (Å²) < 4.78 is 5.15. The van der Waals surface area contributed by atoms with Gasteiger partial charge >= 0.3 is 0 Å². The monoisotopic (exact) mass is 195 g/mol. The van der Waals surface area contributed by atoms with Crippen LogP contribution >= 0.6 is 0 Å². The molecular formula is C10H11O4-. The number of aryl methyl sites for hydroxylation is 1. The second kappa shape index (κ2) is 3.13. The van der Waals surface area contributed by atoms with Crippen LogP contribution < -0.4 is 5.11 Å². The molecule has 0 radical (unpaired) electrons. The lowest BCUT2D eigenvalue weighted by molar-refractivity contribution is -0.257. The summed E-state index contributed by atoms with van der Waals surface area (Å²) in [6, 6.07) is 0. The maximum Gasteiger partial charge on any atom is 0.153 e. The highest BCUT2D eigenvalue weighted by Crippen LogP contribution is 2.35. The molecule has 4 nitrogen and oxygen atoms in total. The molecule has 76 valence electrons. The number of aromatic carboxylic acids is 1. The minimum atomic E-state index is -1.32. The number of carboxylic acid groups (broad SMARTS) is 1. The summed E-state index contributed by atoms with van der Waals surface area (Å²) in [6.07, 6.45) is 1.60. The van der Waals surface area contributed by atoms with E-state index in [0.29, 0.717) is 29.7 Å². The van der Waals surface area contributed by atoms with Crippen LogP contribution in [0.4, 0.5) is 0 Å². The average molecular weight is 195 g/mol. The third kappa shape index (κ3) is 1.23. The third-order valence-electron chi connectivity index (χ3n) is 2.67. The van der Waals surface area contributed by atoms with Crippen molar-refractivity contribution in [3.8, 4) is 0 Å². The van der Waals surface area contributed by atoms with Gasteiger partial charge in [0.05, 0.1) is 6.10 Å². The molecule has 0 spiro atoms. The SMILES string of the molecule is Cc1c(C(=O)[O-])oc2c1C(O)CCC2. The first kappa shape index (κ1) is 9.27. The molecule has 0 amide bonds. The van der Waals surface area contributed by atoms with Crippen LogP contribution in [0.25, 0.3) is 0 Å². The van der Waals surface area contributed by atoms with Crippen molar-refractivity contribution in [1.82, 2.24) is 0 Å². The van der Waals surface area contributed by atoms with E-state index in [-0.39, 0.29) is 5.76 Å². The van der Waals surface area contributed by atoms with Crippen molar-refractivity contribution < 1.29 is 19.4 Å². The molecule has 0 saturated heterocycles. The number of hydrogen-bond acceptors (Lipinski definition) is 4. The van der Waals surface area contributed by atoms with E-state index in [0.717, 1.165) is 6.42 Å². The smallest absolute Gasteiger partial charge is 0.153 e. The lowest BCUT2D eigenvalue weighted by atomic mass is 9.92. The second-order valence-corrected chi connectivity index (χ2v) is 3.59. The molecule has 1 aromatic heterocycles. The predicted octanol–water partition coefficient (Wildman–Crippen LogP) is 0.321. The Kier molecular flexibility index (Phi) is 2.07. The molecule has 0 bridgehead atoms. The summed E-state index contributed by atoms with van der Waals surface area (Å²) in [4.78, 5) is 10.7. The summed E-state index contributed by atoms with van der Waals surface area (Å²) in [5.74, 6) is -0.861. The second-order valence-electron chi connectivity index (χ2n) is 3.59. The molecular weight excluding hydrogens is 184 g/mol. The van der Waals surface area contributed by atoms with Crippen molar-refractivity contribution in [1.29, 1.82) is 0 Å². The van der Waals surface area contributed by atoms with Gasteiger partial charge in [0.15, 0.2) is 5.76 Å². The molecule has 1 heterocycles. The highest BCUT2D eigenvalue weighted by atomic mass is 16.4. The van der Waals surface area contributed by atoms with Crippen molar-refractivity contribution in [2.45, 2.75) is 32.3 Å². The fraction of sp³-hybridized carbons (Fsp3) is 0.500. The van der Waals surface area contributed by atoms with Crippen LogP contribution in [0.15, 0.2) is 4.42 Å². The van der Waals surface area contributed by atoms with E-state index in [1.165, 1.54) is 0 Å². The number of aliphatic hydroxyl groups is 1. The summed E-state index contributed by atoms with van der Waals surface area (Å²) in [5.41, 5.74) is 1.16. The molecule has 1 unspecified atom stereocenters. The highest BCUT2D eigenvalue weighted by Gasteiger charge is 2.26. The van der Waals surface area contributed by atoms with Crippen LogP contribution in [0, 0.1) is 6.92 Å². The Bertz CT molecular complexity index is 378. The van der Waals surface area contributed by atoms with Gasteiger partial charge in [0, 0.05) is 17.5 Å². The number of aliphatic hydroxyl groups excluding tert-OH is 1. The van der Waals surface area contributed by atoms with Gasteiger partial charge in [0.2, 0.25) is 0 Å². The van der Waals surface area contributed by atoms with Gasteiger partial charge in [-0.25, -0.2) is 0 Å². The molecule has 4 heteroatoms. The standard InChI is InChI=1S/C10H12O4/c1-5-8-6(11)3-2-4-7(8)14-9(5)10(12)13/h6,11H,2-4H2,1H3,(H,12,13)/p-1. The Balaban J connectivity index is 2.55. The minimum absolute atomic E-state index is 0.143. The molecule has 1 aromatic rings. The van der Waals surface area contributed by atoms with Crippen molar-refractivity contribution in [3.63, 3.8) is 0 Å². The number of rotatable bonds is 1. The van der Waals surface area contributed by atoms with Gasteiger partial charge < -0.3 is 19.4 Å². The van der Waals surface area contributed by atoms with Crippen molar-refractivity contribution in [3.05, 3.63) is 22.6 Å². The zero-order chi connectivity index (χ0) is 10.3. The summed E-state index contributed by atoms with van der Waals surface area (Å²) in [6.45, 7) is 1.64. The molecule has 14 heavy (non-hydrogen) atoms. The fourth-order valence-electron chi connectivity index (χ4n) is 2.00. The lowest BCUT2D eigenvalue weighted by Crippen LogP contribution is -2.22. The molecule has 1 aliphatic carbocycles. The Morgan fingerprint density at radius 1 is 1.64 bits per heavy atom. The van der Waals surface area contributed by atoms with E-state index >= 15 is 0 Å². The van der Waals surface area contributed by atoms with Crippen LogP contribution in [0.1, 0.15) is 46.4 Å². The number of fused-ring (bicyclic) bond motifs is 1. The summed E-state index contributed by atoms with van der Waals surface area (Å²) >= 11 is 0.